The van der Waals surface area contributed by atoms with E-state index < -0.39 is 0 Å². The molecule has 0 unspecified atom stereocenters. The maximum Gasteiger partial charge on any atom is 0.222 e. The van der Waals surface area contributed by atoms with Gasteiger partial charge in [0, 0.05) is 65.6 Å². The molecule has 0 heterocycles. The van der Waals surface area contributed by atoms with E-state index in [1.165, 1.54) is 22.8 Å². The molecule has 10 heteroatoms. The first-order chi connectivity index (χ1) is 23.9. The predicted molar refractivity (Wildman–Crippen MR) is 222 cm³/mol. The number of carbonyl (C=O) groups is 3. The lowest BCUT2D eigenvalue weighted by Crippen LogP contribution is -2.34. The predicted octanol–water partition coefficient (Wildman–Crippen LogP) is 9.22. The number of nitrogens with two attached hydrogens (primary N) is 1. The van der Waals surface area contributed by atoms with E-state index in [2.05, 4.69) is 43.0 Å². The van der Waals surface area contributed by atoms with Crippen LogP contribution in [0.5, 0.6) is 0 Å². The van der Waals surface area contributed by atoms with Gasteiger partial charge in [-0.1, -0.05) is 105 Å². The van der Waals surface area contributed by atoms with Gasteiger partial charge < -0.3 is 15.5 Å². The van der Waals surface area contributed by atoms with Crippen molar-refractivity contribution in [1.82, 2.24) is 9.80 Å². The maximum absolute atomic E-state index is 11.1. The largest absolute Gasteiger partial charge is 0.349 e. The lowest BCUT2D eigenvalue weighted by atomic mass is 10.1. The van der Waals surface area contributed by atoms with Crippen LogP contribution in [0, 0.1) is 5.41 Å². The van der Waals surface area contributed by atoms with Crippen LogP contribution in [0.3, 0.4) is 0 Å². The van der Waals surface area contributed by atoms with Gasteiger partial charge >= 0.3 is 0 Å². The van der Waals surface area contributed by atoms with Crippen molar-refractivity contribution in [2.45, 2.75) is 65.2 Å². The lowest BCUT2D eigenvalue weighted by molar-refractivity contribution is -0.119. The molecular weight excluding hydrogens is 703 g/mol. The van der Waals surface area contributed by atoms with Crippen LogP contribution < -0.4 is 5.73 Å². The average molecular weight is 764 g/mol. The zero-order valence-electron chi connectivity index (χ0n) is 30.3. The molecule has 3 rings (SSSR count). The first-order valence-electron chi connectivity index (χ1n) is 16.6. The number of aryl methyl sites for hydroxylation is 2. The molecular formula is C41H61Cl3N4O3. The molecule has 0 spiro atoms. The molecule has 0 atom stereocenters. The molecule has 0 aliphatic carbocycles. The Kier molecular flexibility index (Phi) is 36.9. The van der Waals surface area contributed by atoms with E-state index in [0.717, 1.165) is 38.6 Å². The fourth-order valence-corrected chi connectivity index (χ4v) is 4.44. The van der Waals surface area contributed by atoms with Gasteiger partial charge in [-0.15, -0.1) is 23.2 Å². The summed E-state index contributed by atoms with van der Waals surface area (Å²) in [5, 5.41) is 6.88. The second kappa shape index (κ2) is 36.3. The number of ketones is 2. The molecule has 3 aromatic rings. The standard InChI is InChI=1S/C12H15ClO.C12H14O.C8H11N.C5H13N3.C3H4Cl2O.CH4/c13-10-9-12(14)8-4-7-11-5-2-1-3-6-11;1-2-12(13)10-6-9-11-7-4-3-5-8-11;9-7-6-8-4-2-1-3-5-8;1-7(2)5(6)8(3)4;4-2-1-3(5)6;/h1-3,5-6H,4,7-10H2;2-5,7-8H,1,6,9-10H2;1-5H,6-7,9H2;6H,1-4H3;1-2H2;1H4. The first-order valence-corrected chi connectivity index (χ1v) is 18.1. The van der Waals surface area contributed by atoms with Gasteiger partial charge in [0.15, 0.2) is 11.7 Å². The van der Waals surface area contributed by atoms with Crippen molar-refractivity contribution in [1.29, 1.82) is 5.41 Å². The normalized spacial score (nSPS) is 9.18. The van der Waals surface area contributed by atoms with Crippen LogP contribution >= 0.6 is 34.8 Å². The Morgan fingerprint density at radius 1 is 0.667 bits per heavy atom. The van der Waals surface area contributed by atoms with Gasteiger partial charge in [0.25, 0.3) is 0 Å². The number of benzene rings is 3. The molecule has 0 radical (unpaired) electrons. The molecule has 0 aromatic heterocycles. The molecule has 7 nitrogen and oxygen atoms in total. The molecule has 0 saturated heterocycles. The summed E-state index contributed by atoms with van der Waals surface area (Å²) < 4.78 is 0. The Morgan fingerprint density at radius 3 is 1.31 bits per heavy atom. The summed E-state index contributed by atoms with van der Waals surface area (Å²) in [6.07, 6.45) is 8.22. The Hall–Kier alpha value is -3.49. The van der Waals surface area contributed by atoms with E-state index in [1.807, 2.05) is 82.8 Å². The molecule has 0 aliphatic heterocycles. The molecule has 0 aliphatic rings. The second-order valence-electron chi connectivity index (χ2n) is 11.3. The molecule has 51 heavy (non-hydrogen) atoms. The highest BCUT2D eigenvalue weighted by Gasteiger charge is 2.01. The van der Waals surface area contributed by atoms with Gasteiger partial charge in [0.2, 0.25) is 5.24 Å². The van der Waals surface area contributed by atoms with Gasteiger partial charge in [-0.3, -0.25) is 19.8 Å². The van der Waals surface area contributed by atoms with Crippen LogP contribution in [0.2, 0.25) is 0 Å². The minimum Gasteiger partial charge on any atom is -0.349 e. The number of halogens is 3. The fourth-order valence-electron chi connectivity index (χ4n) is 3.86. The van der Waals surface area contributed by atoms with Crippen LogP contribution in [0.25, 0.3) is 0 Å². The van der Waals surface area contributed by atoms with Crippen molar-refractivity contribution in [2.24, 2.45) is 5.73 Å². The number of carbonyl (C=O) groups excluding carboxylic acids is 3. The summed E-state index contributed by atoms with van der Waals surface area (Å²) in [6, 6.07) is 30.7. The highest BCUT2D eigenvalue weighted by Crippen LogP contribution is 2.06. The number of nitrogens with one attached hydrogen (secondary N) is 1. The van der Waals surface area contributed by atoms with Crippen molar-refractivity contribution in [3.05, 3.63) is 120 Å². The third-order valence-electron chi connectivity index (χ3n) is 6.51. The molecule has 284 valence electrons. The number of Topliss-reactive ketones (excluding diaryl/α,β-unsaturated/α-hetero) is 1. The number of rotatable bonds is 15. The maximum atomic E-state index is 11.1. The summed E-state index contributed by atoms with van der Waals surface area (Å²) in [4.78, 5) is 35.3. The zero-order chi connectivity index (χ0) is 38.0. The van der Waals surface area contributed by atoms with Crippen LogP contribution in [0.15, 0.2) is 104 Å². The Labute approximate surface area is 323 Å². The van der Waals surface area contributed by atoms with Crippen molar-refractivity contribution < 1.29 is 14.4 Å². The molecule has 3 aromatic carbocycles. The third kappa shape index (κ3) is 34.7. The number of nitrogens with zero attached hydrogens (tertiary/aromatic N) is 2. The van der Waals surface area contributed by atoms with E-state index >= 15 is 0 Å². The van der Waals surface area contributed by atoms with Crippen LogP contribution in [-0.2, 0) is 33.6 Å². The van der Waals surface area contributed by atoms with E-state index in [9.17, 15) is 14.4 Å². The lowest BCUT2D eigenvalue weighted by Gasteiger charge is -2.19. The minimum atomic E-state index is -0.370. The van der Waals surface area contributed by atoms with Gasteiger partial charge in [-0.25, -0.2) is 0 Å². The van der Waals surface area contributed by atoms with E-state index in [4.69, 9.17) is 45.9 Å². The molecule has 3 N–H and O–H groups in total. The van der Waals surface area contributed by atoms with Crippen molar-refractivity contribution >= 4 is 57.6 Å². The number of hydrogen-bond acceptors (Lipinski definition) is 5. The topological polar surface area (TPSA) is 108 Å². The van der Waals surface area contributed by atoms with Gasteiger partial charge in [-0.05, 0) is 73.0 Å². The highest BCUT2D eigenvalue weighted by molar-refractivity contribution is 6.63. The number of hydrogen-bond donors (Lipinski definition) is 2. The van der Waals surface area contributed by atoms with Gasteiger partial charge in [0.1, 0.15) is 5.78 Å². The highest BCUT2D eigenvalue weighted by atomic mass is 35.5. The Bertz CT molecular complexity index is 1280. The SMILES string of the molecule is C.C=CC(=O)CCCc1ccccc1.CN(C)C(=N)N(C)C.NCCc1ccccc1.O=C(CCCl)CCCc1ccccc1.O=C(Cl)CCCl. The number of alkyl halides is 2. The summed E-state index contributed by atoms with van der Waals surface area (Å²) in [7, 11) is 7.40. The zero-order valence-corrected chi connectivity index (χ0v) is 32.5. The smallest absolute Gasteiger partial charge is 0.222 e. The Morgan fingerprint density at radius 2 is 1.04 bits per heavy atom. The van der Waals surface area contributed by atoms with Crippen LogP contribution in [-0.4, -0.2) is 79.1 Å². The van der Waals surface area contributed by atoms with Gasteiger partial charge in [0.05, 0.1) is 0 Å². The molecule has 0 bridgehead atoms. The molecule has 0 amide bonds. The third-order valence-corrected chi connectivity index (χ3v) is 7.08. The van der Waals surface area contributed by atoms with Crippen molar-refractivity contribution in [3.63, 3.8) is 0 Å². The van der Waals surface area contributed by atoms with Crippen molar-refractivity contribution in [2.75, 3.05) is 46.5 Å². The second-order valence-corrected chi connectivity index (χ2v) is 12.4. The van der Waals surface area contributed by atoms with E-state index in [0.29, 0.717) is 37.0 Å². The summed E-state index contributed by atoms with van der Waals surface area (Å²) in [6.45, 7) is 4.18. The number of allylic oxidation sites excluding steroid dienone is 1. The Balaban J connectivity index is -0.000000580. The molecule has 0 fully saturated rings. The number of guanidine groups is 1. The minimum absolute atomic E-state index is 0. The monoisotopic (exact) mass is 762 g/mol. The van der Waals surface area contributed by atoms with E-state index in [-0.39, 0.29) is 30.7 Å². The fraction of sp³-hybridized carbons (Fsp3) is 0.415. The van der Waals surface area contributed by atoms with E-state index in [1.54, 1.807) is 9.80 Å². The first kappa shape index (κ1) is 51.9. The van der Waals surface area contributed by atoms with Crippen molar-refractivity contribution in [3.8, 4) is 0 Å². The molecule has 0 saturated carbocycles. The van der Waals surface area contributed by atoms with Crippen LogP contribution in [0.4, 0.5) is 0 Å². The van der Waals surface area contributed by atoms with Crippen LogP contribution in [0.1, 0.15) is 62.6 Å². The average Bonchev–Trinajstić information content (AvgIpc) is 3.10. The quantitative estimate of drug-likeness (QED) is 0.0526. The summed E-state index contributed by atoms with van der Waals surface area (Å²) in [5.41, 5.74) is 9.27. The summed E-state index contributed by atoms with van der Waals surface area (Å²) >= 11 is 15.4. The van der Waals surface area contributed by atoms with Gasteiger partial charge in [-0.2, -0.15) is 0 Å². The summed E-state index contributed by atoms with van der Waals surface area (Å²) in [5.74, 6) is 1.70.